The lowest BCUT2D eigenvalue weighted by atomic mass is 10.2. The van der Waals surface area contributed by atoms with Crippen LogP contribution in [0.15, 0.2) is 59.3 Å². The van der Waals surface area contributed by atoms with Gasteiger partial charge in [0.2, 0.25) is 0 Å². The predicted molar refractivity (Wildman–Crippen MR) is 127 cm³/mol. The second-order valence-corrected chi connectivity index (χ2v) is 9.57. The molecule has 0 bridgehead atoms. The van der Waals surface area contributed by atoms with Gasteiger partial charge in [0, 0.05) is 19.0 Å². The van der Waals surface area contributed by atoms with Crippen LogP contribution in [0.25, 0.3) is 20.3 Å². The van der Waals surface area contributed by atoms with Crippen molar-refractivity contribution in [3.63, 3.8) is 0 Å². The van der Waals surface area contributed by atoms with Crippen molar-refractivity contribution in [3.05, 3.63) is 64.9 Å². The minimum Gasteiger partial charge on any atom is -0.483 e. The van der Waals surface area contributed by atoms with Crippen LogP contribution in [0.3, 0.4) is 0 Å². The number of hydrogen-bond donors (Lipinski definition) is 1. The second kappa shape index (κ2) is 9.42. The molecular weight excluding hydrogens is 450 g/mol. The zero-order valence-electron chi connectivity index (χ0n) is 16.8. The van der Waals surface area contributed by atoms with Crippen molar-refractivity contribution in [3.8, 4) is 26.1 Å². The zero-order chi connectivity index (χ0) is 21.8. The number of thiazole rings is 1. The summed E-state index contributed by atoms with van der Waals surface area (Å²) < 4.78 is 5.60. The third-order valence-electron chi connectivity index (χ3n) is 4.33. The van der Waals surface area contributed by atoms with Crippen molar-refractivity contribution in [1.82, 2.24) is 9.88 Å². The van der Waals surface area contributed by atoms with Gasteiger partial charge in [-0.05, 0) is 35.0 Å². The number of carbonyl (C=O) groups is 2. The molecule has 0 unspecified atom stereocenters. The first-order chi connectivity index (χ1) is 15.0. The van der Waals surface area contributed by atoms with Crippen LogP contribution in [0, 0.1) is 0 Å². The van der Waals surface area contributed by atoms with Gasteiger partial charge in [-0.1, -0.05) is 35.6 Å². The highest BCUT2D eigenvalue weighted by Gasteiger charge is 2.20. The van der Waals surface area contributed by atoms with Crippen LogP contribution < -0.4 is 10.1 Å². The molecule has 0 saturated carbocycles. The Morgan fingerprint density at radius 2 is 1.71 bits per heavy atom. The van der Waals surface area contributed by atoms with Crippen LogP contribution in [0.2, 0.25) is 0 Å². The van der Waals surface area contributed by atoms with E-state index >= 15 is 0 Å². The number of thiophene rings is 2. The third kappa shape index (κ3) is 4.84. The molecule has 6 nitrogen and oxygen atoms in total. The summed E-state index contributed by atoms with van der Waals surface area (Å²) in [5.41, 5.74) is 1.21. The summed E-state index contributed by atoms with van der Waals surface area (Å²) in [7, 11) is 3.31. The molecule has 3 aromatic heterocycles. The first kappa shape index (κ1) is 21.2. The molecule has 0 radical (unpaired) electrons. The van der Waals surface area contributed by atoms with Crippen molar-refractivity contribution >= 4 is 51.0 Å². The highest BCUT2D eigenvalue weighted by atomic mass is 32.1. The van der Waals surface area contributed by atoms with Crippen LogP contribution in [0.1, 0.15) is 10.4 Å². The standard InChI is InChI=1S/C22H19N3O3S3/c1-25(2)18(26)13-28-15-8-4-3-7-14(15)21(27)24-22-23-19(16-9-5-11-29-16)20(31-22)17-10-6-12-30-17/h3-12H,13H2,1-2H3,(H,23,24,27). The maximum atomic E-state index is 13.0. The van der Waals surface area contributed by atoms with E-state index in [0.29, 0.717) is 16.4 Å². The van der Waals surface area contributed by atoms with Crippen molar-refractivity contribution in [1.29, 1.82) is 0 Å². The Labute approximate surface area is 191 Å². The fourth-order valence-corrected chi connectivity index (χ4v) is 5.36. The molecule has 4 rings (SSSR count). The van der Waals surface area contributed by atoms with Gasteiger partial charge >= 0.3 is 0 Å². The summed E-state index contributed by atoms with van der Waals surface area (Å²) in [6, 6.07) is 14.9. The first-order valence-corrected chi connectivity index (χ1v) is 11.9. The Bertz CT molecular complexity index is 1130. The lowest BCUT2D eigenvalue weighted by Crippen LogP contribution is -2.28. The van der Waals surface area contributed by atoms with E-state index in [0.717, 1.165) is 20.3 Å². The molecule has 31 heavy (non-hydrogen) atoms. The maximum absolute atomic E-state index is 13.0. The monoisotopic (exact) mass is 469 g/mol. The number of para-hydroxylation sites is 1. The molecule has 0 spiro atoms. The number of hydrogen-bond acceptors (Lipinski definition) is 7. The Kier molecular flexibility index (Phi) is 6.45. The van der Waals surface area contributed by atoms with Gasteiger partial charge in [0.05, 0.1) is 15.3 Å². The number of likely N-dealkylation sites (N-methyl/N-ethyl adjacent to an activating group) is 1. The fourth-order valence-electron chi connectivity index (χ4n) is 2.74. The van der Waals surface area contributed by atoms with Crippen molar-refractivity contribution in [2.45, 2.75) is 0 Å². The Balaban J connectivity index is 1.59. The Hall–Kier alpha value is -3.01. The number of rotatable bonds is 7. The molecule has 0 aliphatic rings. The number of aromatic nitrogens is 1. The molecule has 0 fully saturated rings. The molecule has 3 heterocycles. The van der Waals surface area contributed by atoms with Gasteiger partial charge in [-0.2, -0.15) is 0 Å². The number of nitrogens with one attached hydrogen (secondary N) is 1. The van der Waals surface area contributed by atoms with E-state index < -0.39 is 0 Å². The normalized spacial score (nSPS) is 10.6. The van der Waals surface area contributed by atoms with E-state index in [1.165, 1.54) is 16.2 Å². The number of nitrogens with zero attached hydrogens (tertiary/aromatic N) is 2. The topological polar surface area (TPSA) is 71.5 Å². The van der Waals surface area contributed by atoms with E-state index in [-0.39, 0.29) is 18.4 Å². The minimum absolute atomic E-state index is 0.139. The Morgan fingerprint density at radius 3 is 2.39 bits per heavy atom. The number of carbonyl (C=O) groups excluding carboxylic acids is 2. The minimum atomic E-state index is -0.336. The Morgan fingerprint density at radius 1 is 1.00 bits per heavy atom. The second-order valence-electron chi connectivity index (χ2n) is 6.68. The number of ether oxygens (including phenoxy) is 1. The molecule has 1 N–H and O–H groups in total. The molecule has 0 atom stereocenters. The quantitative estimate of drug-likeness (QED) is 0.398. The summed E-state index contributed by atoms with van der Waals surface area (Å²) in [6.07, 6.45) is 0. The van der Waals surface area contributed by atoms with Crippen molar-refractivity contribution < 1.29 is 14.3 Å². The highest BCUT2D eigenvalue weighted by Crippen LogP contribution is 2.42. The van der Waals surface area contributed by atoms with E-state index in [2.05, 4.69) is 5.32 Å². The van der Waals surface area contributed by atoms with Gasteiger partial charge < -0.3 is 9.64 Å². The smallest absolute Gasteiger partial charge is 0.261 e. The van der Waals surface area contributed by atoms with Crippen LogP contribution in [-0.4, -0.2) is 42.4 Å². The van der Waals surface area contributed by atoms with Gasteiger partial charge in [-0.15, -0.1) is 22.7 Å². The van der Waals surface area contributed by atoms with E-state index in [1.807, 2.05) is 35.0 Å². The lowest BCUT2D eigenvalue weighted by molar-refractivity contribution is -0.130. The largest absolute Gasteiger partial charge is 0.483 e. The van der Waals surface area contributed by atoms with Crippen LogP contribution in [0.4, 0.5) is 5.13 Å². The summed E-state index contributed by atoms with van der Waals surface area (Å²) in [6.45, 7) is -0.139. The van der Waals surface area contributed by atoms with Crippen LogP contribution in [-0.2, 0) is 4.79 Å². The molecule has 0 aliphatic carbocycles. The highest BCUT2D eigenvalue weighted by molar-refractivity contribution is 7.24. The average Bonchev–Trinajstić information content (AvgIpc) is 3.53. The summed E-state index contributed by atoms with van der Waals surface area (Å²) >= 11 is 4.69. The van der Waals surface area contributed by atoms with Gasteiger partial charge in [-0.25, -0.2) is 4.98 Å². The third-order valence-corrected chi connectivity index (χ3v) is 7.23. The molecule has 1 aromatic carbocycles. The number of anilines is 1. The molecular formula is C22H19N3O3S3. The molecule has 2 amide bonds. The summed E-state index contributed by atoms with van der Waals surface area (Å²) in [4.78, 5) is 34.2. The SMILES string of the molecule is CN(C)C(=O)COc1ccccc1C(=O)Nc1nc(-c2cccs2)c(-c2cccs2)s1. The van der Waals surface area contributed by atoms with E-state index in [1.54, 1.807) is 61.0 Å². The molecule has 0 saturated heterocycles. The van der Waals surface area contributed by atoms with Gasteiger partial charge in [0.15, 0.2) is 11.7 Å². The fraction of sp³-hybridized carbons (Fsp3) is 0.136. The summed E-state index contributed by atoms with van der Waals surface area (Å²) in [5.74, 6) is -0.169. The molecule has 9 heteroatoms. The molecule has 0 aliphatic heterocycles. The average molecular weight is 470 g/mol. The predicted octanol–water partition coefficient (Wildman–Crippen LogP) is 5.32. The molecule has 4 aromatic rings. The first-order valence-electron chi connectivity index (χ1n) is 9.35. The maximum Gasteiger partial charge on any atom is 0.261 e. The summed E-state index contributed by atoms with van der Waals surface area (Å²) in [5, 5.41) is 7.44. The number of benzene rings is 1. The van der Waals surface area contributed by atoms with Gasteiger partial charge in [0.1, 0.15) is 11.4 Å². The van der Waals surface area contributed by atoms with Gasteiger partial charge in [-0.3, -0.25) is 14.9 Å². The van der Waals surface area contributed by atoms with Crippen molar-refractivity contribution in [2.75, 3.05) is 26.0 Å². The lowest BCUT2D eigenvalue weighted by Gasteiger charge is -2.13. The number of amides is 2. The van der Waals surface area contributed by atoms with E-state index in [9.17, 15) is 9.59 Å². The van der Waals surface area contributed by atoms with Gasteiger partial charge in [0.25, 0.3) is 11.8 Å². The zero-order valence-corrected chi connectivity index (χ0v) is 19.3. The van der Waals surface area contributed by atoms with Crippen LogP contribution in [0.5, 0.6) is 5.75 Å². The van der Waals surface area contributed by atoms with Crippen molar-refractivity contribution in [2.24, 2.45) is 0 Å². The van der Waals surface area contributed by atoms with Crippen LogP contribution >= 0.6 is 34.0 Å². The van der Waals surface area contributed by atoms with E-state index in [4.69, 9.17) is 9.72 Å². The molecule has 158 valence electrons.